The summed E-state index contributed by atoms with van der Waals surface area (Å²) in [7, 11) is 0. The molecular weight excluding hydrogens is 531 g/mol. The second kappa shape index (κ2) is 13.2. The van der Waals surface area contributed by atoms with E-state index in [0.29, 0.717) is 32.8 Å². The molecule has 0 aliphatic carbocycles. The van der Waals surface area contributed by atoms with Gasteiger partial charge in [-0.3, -0.25) is 9.59 Å². The van der Waals surface area contributed by atoms with Gasteiger partial charge in [0, 0.05) is 39.6 Å². The lowest BCUT2D eigenvalue weighted by atomic mass is 10.0. The van der Waals surface area contributed by atoms with E-state index in [-0.39, 0.29) is 31.0 Å². The summed E-state index contributed by atoms with van der Waals surface area (Å²) in [4.78, 5) is 28.6. The number of nitrogens with zero attached hydrogens (tertiary/aromatic N) is 1. The number of amides is 2. The van der Waals surface area contributed by atoms with Crippen LogP contribution < -0.4 is 10.1 Å². The molecule has 5 nitrogen and oxygen atoms in total. The normalized spacial score (nSPS) is 11.8. The van der Waals surface area contributed by atoms with E-state index in [2.05, 4.69) is 5.32 Å². The van der Waals surface area contributed by atoms with Crippen LogP contribution in [0.2, 0.25) is 15.1 Å². The fourth-order valence-electron chi connectivity index (χ4n) is 4.01. The summed E-state index contributed by atoms with van der Waals surface area (Å²) in [5.41, 5.74) is 3.18. The van der Waals surface area contributed by atoms with Gasteiger partial charge in [0.1, 0.15) is 11.8 Å². The van der Waals surface area contributed by atoms with Gasteiger partial charge in [-0.1, -0.05) is 71.2 Å². The van der Waals surface area contributed by atoms with Gasteiger partial charge in [-0.15, -0.1) is 0 Å². The van der Waals surface area contributed by atoms with Crippen LogP contribution in [0.1, 0.15) is 36.1 Å². The number of rotatable bonds is 10. The predicted molar refractivity (Wildman–Crippen MR) is 151 cm³/mol. The molecule has 0 spiro atoms. The molecule has 196 valence electrons. The van der Waals surface area contributed by atoms with E-state index in [0.717, 1.165) is 16.7 Å². The number of carbonyl (C=O) groups is 2. The van der Waals surface area contributed by atoms with Crippen molar-refractivity contribution in [2.75, 3.05) is 6.61 Å². The molecule has 8 heteroatoms. The molecule has 3 aromatic rings. The van der Waals surface area contributed by atoms with Crippen molar-refractivity contribution in [1.82, 2.24) is 10.2 Å². The Balaban J connectivity index is 1.97. The quantitative estimate of drug-likeness (QED) is 0.296. The van der Waals surface area contributed by atoms with E-state index in [1.807, 2.05) is 58.0 Å². The zero-order valence-corrected chi connectivity index (χ0v) is 23.6. The van der Waals surface area contributed by atoms with Crippen molar-refractivity contribution in [2.24, 2.45) is 0 Å². The number of hydrogen-bond acceptors (Lipinski definition) is 3. The maximum atomic E-state index is 13.7. The van der Waals surface area contributed by atoms with Crippen LogP contribution in [0, 0.1) is 13.8 Å². The van der Waals surface area contributed by atoms with Crippen LogP contribution >= 0.6 is 34.8 Å². The van der Waals surface area contributed by atoms with Crippen LogP contribution in [0.4, 0.5) is 0 Å². The molecule has 1 atom stereocenters. The highest BCUT2D eigenvalue weighted by Crippen LogP contribution is 2.28. The molecule has 0 bridgehead atoms. The highest BCUT2D eigenvalue weighted by Gasteiger charge is 2.32. The number of nitrogens with one attached hydrogen (secondary N) is 1. The Labute approximate surface area is 233 Å². The van der Waals surface area contributed by atoms with E-state index in [9.17, 15) is 9.59 Å². The number of benzene rings is 3. The average molecular weight is 562 g/mol. The minimum absolute atomic E-state index is 0.0440. The first-order valence-electron chi connectivity index (χ1n) is 12.0. The SMILES string of the molecule is Cc1cc(OCC(=O)N(Cc2c(Cl)cccc2Cl)C(Cc2ccccc2)C(=O)NC(C)C)cc(C)c1Cl. The highest BCUT2D eigenvalue weighted by atomic mass is 35.5. The van der Waals surface area contributed by atoms with E-state index >= 15 is 0 Å². The third kappa shape index (κ3) is 7.88. The Morgan fingerprint density at radius 1 is 0.919 bits per heavy atom. The van der Waals surface area contributed by atoms with E-state index < -0.39 is 6.04 Å². The van der Waals surface area contributed by atoms with Crippen molar-refractivity contribution in [3.05, 3.63) is 98.0 Å². The summed E-state index contributed by atoms with van der Waals surface area (Å²) in [5, 5.41) is 4.44. The van der Waals surface area contributed by atoms with Gasteiger partial charge in [0.25, 0.3) is 5.91 Å². The summed E-state index contributed by atoms with van der Waals surface area (Å²) in [5.74, 6) is -0.121. The molecule has 0 saturated heterocycles. The lowest BCUT2D eigenvalue weighted by Gasteiger charge is -2.32. The maximum Gasteiger partial charge on any atom is 0.261 e. The molecule has 0 saturated carbocycles. The van der Waals surface area contributed by atoms with Gasteiger partial charge >= 0.3 is 0 Å². The third-order valence-electron chi connectivity index (χ3n) is 5.86. The van der Waals surface area contributed by atoms with Crippen molar-refractivity contribution >= 4 is 46.6 Å². The van der Waals surface area contributed by atoms with E-state index in [4.69, 9.17) is 39.5 Å². The second-order valence-corrected chi connectivity index (χ2v) is 10.4. The first-order chi connectivity index (χ1) is 17.6. The predicted octanol–water partition coefficient (Wildman–Crippen LogP) is 6.81. The van der Waals surface area contributed by atoms with Crippen molar-refractivity contribution < 1.29 is 14.3 Å². The van der Waals surface area contributed by atoms with Crippen LogP contribution in [0.3, 0.4) is 0 Å². The zero-order chi connectivity index (χ0) is 27.1. The standard InChI is InChI=1S/C29H31Cl3N2O3/c1-18(2)33-29(36)26(15-21-9-6-5-7-10-21)34(16-23-24(30)11-8-12-25(23)31)27(35)17-37-22-13-19(3)28(32)20(4)14-22/h5-14,18,26H,15-17H2,1-4H3,(H,33,36). The van der Waals surface area contributed by atoms with Gasteiger partial charge in [0.05, 0.1) is 0 Å². The molecule has 3 aromatic carbocycles. The molecule has 1 unspecified atom stereocenters. The number of aryl methyl sites for hydroxylation is 2. The summed E-state index contributed by atoms with van der Waals surface area (Å²) in [6.45, 7) is 7.28. The second-order valence-electron chi connectivity index (χ2n) is 9.25. The van der Waals surface area contributed by atoms with Gasteiger partial charge in [-0.05, 0) is 68.7 Å². The van der Waals surface area contributed by atoms with E-state index in [1.54, 1.807) is 30.3 Å². The molecule has 2 amide bonds. The topological polar surface area (TPSA) is 58.6 Å². The highest BCUT2D eigenvalue weighted by molar-refractivity contribution is 6.36. The minimum Gasteiger partial charge on any atom is -0.484 e. The smallest absolute Gasteiger partial charge is 0.261 e. The molecule has 0 heterocycles. The van der Waals surface area contributed by atoms with Crippen LogP contribution in [0.5, 0.6) is 5.75 Å². The number of hydrogen-bond donors (Lipinski definition) is 1. The molecule has 0 radical (unpaired) electrons. The number of carbonyl (C=O) groups excluding carboxylic acids is 2. The van der Waals surface area contributed by atoms with Crippen molar-refractivity contribution in [3.8, 4) is 5.75 Å². The number of ether oxygens (including phenoxy) is 1. The lowest BCUT2D eigenvalue weighted by Crippen LogP contribution is -2.52. The monoisotopic (exact) mass is 560 g/mol. The fourth-order valence-corrected chi connectivity index (χ4v) is 4.63. The summed E-state index contributed by atoms with van der Waals surface area (Å²) in [6, 6.07) is 17.4. The Morgan fingerprint density at radius 2 is 1.51 bits per heavy atom. The first kappa shape index (κ1) is 28.8. The molecule has 0 aliphatic rings. The molecule has 37 heavy (non-hydrogen) atoms. The average Bonchev–Trinajstić information content (AvgIpc) is 2.84. The van der Waals surface area contributed by atoms with Crippen molar-refractivity contribution in [1.29, 1.82) is 0 Å². The maximum absolute atomic E-state index is 13.7. The molecule has 0 fully saturated rings. The summed E-state index contributed by atoms with van der Waals surface area (Å²) in [6.07, 6.45) is 0.312. The van der Waals surface area contributed by atoms with Crippen molar-refractivity contribution in [2.45, 2.75) is 52.7 Å². The Morgan fingerprint density at radius 3 is 2.08 bits per heavy atom. The zero-order valence-electron chi connectivity index (χ0n) is 21.4. The Hall–Kier alpha value is -2.73. The molecule has 1 N–H and O–H groups in total. The van der Waals surface area contributed by atoms with E-state index in [1.165, 1.54) is 4.90 Å². The van der Waals surface area contributed by atoms with Gasteiger partial charge in [0.2, 0.25) is 5.91 Å². The van der Waals surface area contributed by atoms with Crippen LogP contribution in [0.15, 0.2) is 60.7 Å². The van der Waals surface area contributed by atoms with Gasteiger partial charge < -0.3 is 15.0 Å². The molecule has 0 aliphatic heterocycles. The van der Waals surface area contributed by atoms with Crippen molar-refractivity contribution in [3.63, 3.8) is 0 Å². The first-order valence-corrected chi connectivity index (χ1v) is 13.2. The Kier molecular flexibility index (Phi) is 10.3. The molecule has 0 aromatic heterocycles. The minimum atomic E-state index is -0.818. The lowest BCUT2D eigenvalue weighted by molar-refractivity contribution is -0.143. The van der Waals surface area contributed by atoms with Crippen LogP contribution in [0.25, 0.3) is 0 Å². The molecule has 3 rings (SSSR count). The Bertz CT molecular complexity index is 1210. The van der Waals surface area contributed by atoms with Gasteiger partial charge in [-0.25, -0.2) is 0 Å². The summed E-state index contributed by atoms with van der Waals surface area (Å²) < 4.78 is 5.88. The van der Waals surface area contributed by atoms with Gasteiger partial charge in [-0.2, -0.15) is 0 Å². The number of halogens is 3. The van der Waals surface area contributed by atoms with Gasteiger partial charge in [0.15, 0.2) is 6.61 Å². The largest absolute Gasteiger partial charge is 0.484 e. The van der Waals surface area contributed by atoms with Crippen LogP contribution in [-0.2, 0) is 22.6 Å². The molecular formula is C29H31Cl3N2O3. The fraction of sp³-hybridized carbons (Fsp3) is 0.310. The summed E-state index contributed by atoms with van der Waals surface area (Å²) >= 11 is 19.2. The van der Waals surface area contributed by atoms with Crippen LogP contribution in [-0.4, -0.2) is 35.4 Å². The third-order valence-corrected chi connectivity index (χ3v) is 7.17.